The summed E-state index contributed by atoms with van der Waals surface area (Å²) in [7, 11) is -2.09. The molecule has 0 saturated heterocycles. The summed E-state index contributed by atoms with van der Waals surface area (Å²) >= 11 is 1.45. The van der Waals surface area contributed by atoms with Crippen molar-refractivity contribution in [2.75, 3.05) is 12.8 Å². The molecule has 3 aromatic heterocycles. The highest BCUT2D eigenvalue weighted by molar-refractivity contribution is 7.89. The van der Waals surface area contributed by atoms with E-state index in [-0.39, 0.29) is 11.7 Å². The quantitative estimate of drug-likeness (QED) is 0.717. The average Bonchev–Trinajstić information content (AvgIpc) is 3.31. The molecule has 0 amide bonds. The van der Waals surface area contributed by atoms with Gasteiger partial charge in [0, 0.05) is 35.4 Å². The number of thiophene rings is 1. The molecule has 4 rings (SSSR count). The third-order valence-corrected chi connectivity index (χ3v) is 7.62. The Morgan fingerprint density at radius 3 is 2.67 bits per heavy atom. The van der Waals surface area contributed by atoms with E-state index in [1.807, 2.05) is 17.5 Å². The average molecular weight is 403 g/mol. The molecule has 27 heavy (non-hydrogen) atoms. The first-order valence-electron chi connectivity index (χ1n) is 8.04. The number of rotatable bonds is 3. The summed E-state index contributed by atoms with van der Waals surface area (Å²) in [5.41, 5.74) is 7.54. The maximum atomic E-state index is 12.4. The van der Waals surface area contributed by atoms with Crippen LogP contribution in [0.15, 0.2) is 51.9 Å². The van der Waals surface area contributed by atoms with Crippen molar-refractivity contribution < 1.29 is 12.8 Å². The summed E-state index contributed by atoms with van der Waals surface area (Å²) in [6.45, 7) is 1.78. The van der Waals surface area contributed by atoms with Gasteiger partial charge in [-0.1, -0.05) is 0 Å². The monoisotopic (exact) mass is 403 g/mol. The summed E-state index contributed by atoms with van der Waals surface area (Å²) in [6.07, 6.45) is 6.44. The number of aliphatic imine (C=N–C) groups is 1. The van der Waals surface area contributed by atoms with E-state index in [1.54, 1.807) is 25.5 Å². The molecule has 10 heteroatoms. The molecule has 0 bridgehead atoms. The minimum absolute atomic E-state index is 0.00677. The molecular formula is C17H17N5O3S2. The van der Waals surface area contributed by atoms with Crippen molar-refractivity contribution in [1.82, 2.24) is 14.3 Å². The fraction of sp³-hybridized carbons (Fsp3) is 0.235. The van der Waals surface area contributed by atoms with E-state index < -0.39 is 15.6 Å². The van der Waals surface area contributed by atoms with Gasteiger partial charge >= 0.3 is 0 Å². The first kappa shape index (κ1) is 17.7. The van der Waals surface area contributed by atoms with Gasteiger partial charge in [0.05, 0.1) is 11.9 Å². The van der Waals surface area contributed by atoms with Gasteiger partial charge in [-0.05, 0) is 30.0 Å². The predicted octanol–water partition coefficient (Wildman–Crippen LogP) is 2.27. The molecule has 1 aliphatic heterocycles. The van der Waals surface area contributed by atoms with Gasteiger partial charge in [-0.15, -0.1) is 11.3 Å². The fourth-order valence-electron chi connectivity index (χ4n) is 2.94. The Balaban J connectivity index is 1.72. The number of oxazole rings is 1. The molecular weight excluding hydrogens is 386 g/mol. The van der Waals surface area contributed by atoms with E-state index in [9.17, 15) is 8.42 Å². The Morgan fingerprint density at radius 2 is 1.96 bits per heavy atom. The number of aromatic nitrogens is 2. The van der Waals surface area contributed by atoms with Crippen LogP contribution in [-0.4, -0.2) is 41.5 Å². The number of nitrogens with two attached hydrogens (primary N) is 1. The minimum atomic E-state index is -3.51. The highest BCUT2D eigenvalue weighted by Crippen LogP contribution is 2.38. The lowest BCUT2D eigenvalue weighted by molar-refractivity contribution is 0.482. The molecule has 2 N–H and O–H groups in total. The number of hydrogen-bond donors (Lipinski definition) is 1. The predicted molar refractivity (Wildman–Crippen MR) is 104 cm³/mol. The Bertz CT molecular complexity index is 1120. The van der Waals surface area contributed by atoms with Gasteiger partial charge in [0.25, 0.3) is 0 Å². The zero-order valence-corrected chi connectivity index (χ0v) is 16.3. The van der Waals surface area contributed by atoms with Gasteiger partial charge < -0.3 is 10.2 Å². The zero-order valence-electron chi connectivity index (χ0n) is 14.7. The molecule has 0 fully saturated rings. The number of hydrogen-bond acceptors (Lipinski definition) is 8. The molecule has 1 atom stereocenters. The summed E-state index contributed by atoms with van der Waals surface area (Å²) in [5.74, 6) is 0.492. The maximum Gasteiger partial charge on any atom is 0.239 e. The molecule has 1 aliphatic rings. The molecule has 0 radical (unpaired) electrons. The smallest absolute Gasteiger partial charge is 0.239 e. The Morgan fingerprint density at radius 1 is 1.19 bits per heavy atom. The summed E-state index contributed by atoms with van der Waals surface area (Å²) in [6, 6.07) is 3.88. The van der Waals surface area contributed by atoms with Gasteiger partial charge in [-0.25, -0.2) is 22.7 Å². The number of guanidine groups is 1. The van der Waals surface area contributed by atoms with E-state index in [1.165, 1.54) is 24.8 Å². The highest BCUT2D eigenvalue weighted by atomic mass is 32.2. The lowest BCUT2D eigenvalue weighted by Gasteiger charge is -2.33. The summed E-state index contributed by atoms with van der Waals surface area (Å²) in [5, 5.41) is 1.96. The Hall–Kier alpha value is -2.72. The lowest BCUT2D eigenvalue weighted by Crippen LogP contribution is -2.50. The van der Waals surface area contributed by atoms with Crippen molar-refractivity contribution in [3.05, 3.63) is 47.4 Å². The SMILES string of the molecule is CN1C(N)=N[C@](C)(c2cc(-c3cncc(-c4cnco4)c3)cs2)CS1(=O)=O. The largest absolute Gasteiger partial charge is 0.443 e. The van der Waals surface area contributed by atoms with Crippen LogP contribution in [0.4, 0.5) is 0 Å². The highest BCUT2D eigenvalue weighted by Gasteiger charge is 2.41. The fourth-order valence-corrected chi connectivity index (χ4v) is 5.50. The molecule has 0 unspecified atom stereocenters. The summed E-state index contributed by atoms with van der Waals surface area (Å²) in [4.78, 5) is 13.5. The number of sulfonamides is 1. The molecule has 0 saturated carbocycles. The summed E-state index contributed by atoms with van der Waals surface area (Å²) < 4.78 is 31.1. The molecule has 0 spiro atoms. The van der Waals surface area contributed by atoms with E-state index >= 15 is 0 Å². The van der Waals surface area contributed by atoms with Gasteiger partial charge in [0.1, 0.15) is 5.54 Å². The van der Waals surface area contributed by atoms with Crippen LogP contribution in [0.2, 0.25) is 0 Å². The second kappa shape index (κ2) is 6.17. The van der Waals surface area contributed by atoms with Crippen LogP contribution in [0.3, 0.4) is 0 Å². The molecule has 3 aromatic rings. The van der Waals surface area contributed by atoms with Crippen LogP contribution >= 0.6 is 11.3 Å². The van der Waals surface area contributed by atoms with Crippen LogP contribution in [-0.2, 0) is 15.6 Å². The first-order chi connectivity index (χ1) is 12.8. The zero-order chi connectivity index (χ0) is 19.2. The minimum Gasteiger partial charge on any atom is -0.443 e. The van der Waals surface area contributed by atoms with Gasteiger partial charge in [0.15, 0.2) is 12.2 Å². The third kappa shape index (κ3) is 3.10. The normalized spacial score (nSPS) is 21.9. The Kier molecular flexibility index (Phi) is 4.04. The van der Waals surface area contributed by atoms with E-state index in [4.69, 9.17) is 10.2 Å². The Labute approximate surface area is 160 Å². The first-order valence-corrected chi connectivity index (χ1v) is 10.5. The van der Waals surface area contributed by atoms with Crippen LogP contribution < -0.4 is 5.73 Å². The molecule has 0 aliphatic carbocycles. The van der Waals surface area contributed by atoms with Crippen molar-refractivity contribution in [1.29, 1.82) is 0 Å². The maximum absolute atomic E-state index is 12.4. The van der Waals surface area contributed by atoms with Gasteiger partial charge in [0.2, 0.25) is 16.0 Å². The van der Waals surface area contributed by atoms with Crippen LogP contribution in [0.25, 0.3) is 22.5 Å². The molecule has 4 heterocycles. The standard InChI is InChI=1S/C17H17N5O3S2/c1-17(9-27(23,24)22(2)16(18)21-17)15-4-13(8-26-15)11-3-12(6-19-5-11)14-7-20-10-25-14/h3-8,10H,9H2,1-2H3,(H2,18,21)/t17-/m0/s1. The van der Waals surface area contributed by atoms with E-state index in [2.05, 4.69) is 15.0 Å². The van der Waals surface area contributed by atoms with E-state index in [0.29, 0.717) is 5.76 Å². The van der Waals surface area contributed by atoms with Gasteiger partial charge in [-0.3, -0.25) is 4.98 Å². The third-order valence-electron chi connectivity index (χ3n) is 4.48. The number of nitrogens with zero attached hydrogens (tertiary/aromatic N) is 4. The molecule has 8 nitrogen and oxygen atoms in total. The molecule has 0 aromatic carbocycles. The van der Waals surface area contributed by atoms with Crippen molar-refractivity contribution in [2.24, 2.45) is 10.7 Å². The van der Waals surface area contributed by atoms with Crippen molar-refractivity contribution in [3.63, 3.8) is 0 Å². The van der Waals surface area contributed by atoms with Crippen molar-refractivity contribution >= 4 is 27.3 Å². The topological polar surface area (TPSA) is 115 Å². The second-order valence-electron chi connectivity index (χ2n) is 6.50. The second-order valence-corrected chi connectivity index (χ2v) is 9.41. The van der Waals surface area contributed by atoms with Crippen molar-refractivity contribution in [2.45, 2.75) is 12.5 Å². The van der Waals surface area contributed by atoms with Crippen LogP contribution in [0.1, 0.15) is 11.8 Å². The van der Waals surface area contributed by atoms with Crippen molar-refractivity contribution in [3.8, 4) is 22.5 Å². The lowest BCUT2D eigenvalue weighted by atomic mass is 10.0. The number of pyridine rings is 1. The molecule has 140 valence electrons. The van der Waals surface area contributed by atoms with Gasteiger partial charge in [-0.2, -0.15) is 0 Å². The van der Waals surface area contributed by atoms with E-state index in [0.717, 1.165) is 25.9 Å². The van der Waals surface area contributed by atoms with Crippen LogP contribution in [0.5, 0.6) is 0 Å². The van der Waals surface area contributed by atoms with Crippen LogP contribution in [0, 0.1) is 0 Å².